The van der Waals surface area contributed by atoms with Crippen LogP contribution in [0, 0.1) is 0 Å². The predicted molar refractivity (Wildman–Crippen MR) is 77.9 cm³/mol. The lowest BCUT2D eigenvalue weighted by Crippen LogP contribution is -2.38. The van der Waals surface area contributed by atoms with Crippen LogP contribution >= 0.6 is 0 Å². The van der Waals surface area contributed by atoms with Crippen molar-refractivity contribution in [1.82, 2.24) is 10.6 Å². The molecule has 0 bridgehead atoms. The molecule has 1 atom stereocenters. The molecule has 3 nitrogen and oxygen atoms in total. The molecule has 0 aromatic heterocycles. The number of nitrogens with one attached hydrogen (secondary N) is 2. The van der Waals surface area contributed by atoms with Crippen molar-refractivity contribution in [2.45, 2.75) is 51.6 Å². The standard InChI is InChI=1S/C16H24N2O/c1-2-13-7-3-4-8-14(13)12-18-16(19)11-15-9-5-6-10-17-15/h3-4,7-8,15,17H,2,5-6,9-12H2,1H3,(H,18,19). The van der Waals surface area contributed by atoms with Gasteiger partial charge in [0, 0.05) is 19.0 Å². The smallest absolute Gasteiger partial charge is 0.221 e. The summed E-state index contributed by atoms with van der Waals surface area (Å²) in [6.45, 7) is 3.85. The van der Waals surface area contributed by atoms with Crippen LogP contribution in [0.3, 0.4) is 0 Å². The number of hydrogen-bond acceptors (Lipinski definition) is 2. The summed E-state index contributed by atoms with van der Waals surface area (Å²) in [6, 6.07) is 8.68. The van der Waals surface area contributed by atoms with Crippen LogP contribution in [0.1, 0.15) is 43.7 Å². The van der Waals surface area contributed by atoms with Gasteiger partial charge >= 0.3 is 0 Å². The van der Waals surface area contributed by atoms with Crippen molar-refractivity contribution in [3.05, 3.63) is 35.4 Å². The lowest BCUT2D eigenvalue weighted by molar-refractivity contribution is -0.121. The van der Waals surface area contributed by atoms with Crippen molar-refractivity contribution in [1.29, 1.82) is 0 Å². The van der Waals surface area contributed by atoms with Crippen molar-refractivity contribution in [2.24, 2.45) is 0 Å². The Bertz CT molecular complexity index is 411. The van der Waals surface area contributed by atoms with Gasteiger partial charge in [0.1, 0.15) is 0 Å². The van der Waals surface area contributed by atoms with Crippen molar-refractivity contribution in [2.75, 3.05) is 6.54 Å². The Morgan fingerprint density at radius 3 is 2.79 bits per heavy atom. The third-order valence-corrected chi connectivity index (χ3v) is 3.82. The fourth-order valence-corrected chi connectivity index (χ4v) is 2.66. The number of carbonyl (C=O) groups excluding carboxylic acids is 1. The van der Waals surface area contributed by atoms with Gasteiger partial charge in [0.05, 0.1) is 0 Å². The molecule has 1 aromatic rings. The minimum Gasteiger partial charge on any atom is -0.352 e. The highest BCUT2D eigenvalue weighted by atomic mass is 16.1. The lowest BCUT2D eigenvalue weighted by atomic mass is 10.0. The van der Waals surface area contributed by atoms with Gasteiger partial charge in [-0.1, -0.05) is 37.6 Å². The molecule has 1 aliphatic heterocycles. The second-order valence-electron chi connectivity index (χ2n) is 5.25. The van der Waals surface area contributed by atoms with Crippen LogP contribution in [0.15, 0.2) is 24.3 Å². The van der Waals surface area contributed by atoms with Gasteiger partial charge in [-0.15, -0.1) is 0 Å². The van der Waals surface area contributed by atoms with Gasteiger partial charge in [0.15, 0.2) is 0 Å². The van der Waals surface area contributed by atoms with E-state index in [2.05, 4.69) is 35.8 Å². The van der Waals surface area contributed by atoms with E-state index < -0.39 is 0 Å². The van der Waals surface area contributed by atoms with E-state index in [1.54, 1.807) is 0 Å². The molecular weight excluding hydrogens is 236 g/mol. The van der Waals surface area contributed by atoms with Crippen molar-refractivity contribution in [3.8, 4) is 0 Å². The van der Waals surface area contributed by atoms with Crippen molar-refractivity contribution < 1.29 is 4.79 Å². The van der Waals surface area contributed by atoms with Crippen LogP contribution in [0.2, 0.25) is 0 Å². The summed E-state index contributed by atoms with van der Waals surface area (Å²) in [5.74, 6) is 0.158. The van der Waals surface area contributed by atoms with Gasteiger partial charge in [-0.3, -0.25) is 4.79 Å². The molecule has 1 heterocycles. The molecule has 1 amide bonds. The Balaban J connectivity index is 1.79. The third kappa shape index (κ3) is 4.35. The maximum absolute atomic E-state index is 11.9. The summed E-state index contributed by atoms with van der Waals surface area (Å²) in [7, 11) is 0. The normalized spacial score (nSPS) is 19.1. The first kappa shape index (κ1) is 14.1. The number of carbonyl (C=O) groups is 1. The highest BCUT2D eigenvalue weighted by Gasteiger charge is 2.16. The zero-order valence-electron chi connectivity index (χ0n) is 11.7. The molecule has 1 saturated heterocycles. The molecule has 0 radical (unpaired) electrons. The van der Waals surface area contributed by atoms with Crippen LogP contribution in [0.25, 0.3) is 0 Å². The summed E-state index contributed by atoms with van der Waals surface area (Å²) in [5.41, 5.74) is 2.55. The first-order valence-corrected chi connectivity index (χ1v) is 7.36. The Kier molecular flexibility index (Phi) is 5.40. The molecular formula is C16H24N2O. The maximum Gasteiger partial charge on any atom is 0.221 e. The first-order chi connectivity index (χ1) is 9.29. The molecule has 1 aromatic carbocycles. The number of piperidine rings is 1. The zero-order valence-corrected chi connectivity index (χ0v) is 11.7. The fraction of sp³-hybridized carbons (Fsp3) is 0.562. The fourth-order valence-electron chi connectivity index (χ4n) is 2.66. The number of rotatable bonds is 5. The quantitative estimate of drug-likeness (QED) is 0.853. The molecule has 2 rings (SSSR count). The minimum atomic E-state index is 0.158. The van der Waals surface area contributed by atoms with Gasteiger partial charge in [0.2, 0.25) is 5.91 Å². The van der Waals surface area contributed by atoms with Gasteiger partial charge in [-0.2, -0.15) is 0 Å². The second-order valence-corrected chi connectivity index (χ2v) is 5.25. The van der Waals surface area contributed by atoms with Gasteiger partial charge in [-0.05, 0) is 36.9 Å². The van der Waals surface area contributed by atoms with Gasteiger partial charge < -0.3 is 10.6 Å². The van der Waals surface area contributed by atoms with E-state index in [1.807, 2.05) is 6.07 Å². The van der Waals surface area contributed by atoms with E-state index in [4.69, 9.17) is 0 Å². The average Bonchev–Trinajstić information content (AvgIpc) is 2.46. The monoisotopic (exact) mass is 260 g/mol. The summed E-state index contributed by atoms with van der Waals surface area (Å²) in [6.07, 6.45) is 5.22. The summed E-state index contributed by atoms with van der Waals surface area (Å²) in [5, 5.41) is 6.45. The Hall–Kier alpha value is -1.35. The van der Waals surface area contributed by atoms with Crippen LogP contribution in [-0.4, -0.2) is 18.5 Å². The van der Waals surface area contributed by atoms with Crippen LogP contribution in [-0.2, 0) is 17.8 Å². The number of benzene rings is 1. The van der Waals surface area contributed by atoms with E-state index in [9.17, 15) is 4.79 Å². The molecule has 0 saturated carbocycles. The Morgan fingerprint density at radius 2 is 2.11 bits per heavy atom. The molecule has 104 valence electrons. The van der Waals surface area contributed by atoms with Crippen LogP contribution in [0.5, 0.6) is 0 Å². The zero-order chi connectivity index (χ0) is 13.5. The van der Waals surface area contributed by atoms with Gasteiger partial charge in [0.25, 0.3) is 0 Å². The van der Waals surface area contributed by atoms with E-state index in [1.165, 1.54) is 24.0 Å². The molecule has 19 heavy (non-hydrogen) atoms. The third-order valence-electron chi connectivity index (χ3n) is 3.82. The highest BCUT2D eigenvalue weighted by molar-refractivity contribution is 5.76. The Morgan fingerprint density at radius 1 is 1.32 bits per heavy atom. The van der Waals surface area contributed by atoms with Crippen LogP contribution in [0.4, 0.5) is 0 Å². The van der Waals surface area contributed by atoms with Crippen molar-refractivity contribution >= 4 is 5.91 Å². The summed E-state index contributed by atoms with van der Waals surface area (Å²) in [4.78, 5) is 11.9. The van der Waals surface area contributed by atoms with Crippen LogP contribution < -0.4 is 10.6 Å². The predicted octanol–water partition coefficient (Wildman–Crippen LogP) is 2.40. The maximum atomic E-state index is 11.9. The molecule has 1 unspecified atom stereocenters. The van der Waals surface area contributed by atoms with Gasteiger partial charge in [-0.25, -0.2) is 0 Å². The van der Waals surface area contributed by atoms with Crippen molar-refractivity contribution in [3.63, 3.8) is 0 Å². The molecule has 1 aliphatic rings. The first-order valence-electron chi connectivity index (χ1n) is 7.36. The molecule has 0 aliphatic carbocycles. The molecule has 3 heteroatoms. The summed E-state index contributed by atoms with van der Waals surface area (Å²) < 4.78 is 0. The minimum absolute atomic E-state index is 0.158. The average molecular weight is 260 g/mol. The van der Waals surface area contributed by atoms with E-state index in [0.29, 0.717) is 19.0 Å². The molecule has 0 spiro atoms. The van der Waals surface area contributed by atoms with E-state index >= 15 is 0 Å². The summed E-state index contributed by atoms with van der Waals surface area (Å²) >= 11 is 0. The number of aryl methyl sites for hydroxylation is 1. The largest absolute Gasteiger partial charge is 0.352 e. The lowest BCUT2D eigenvalue weighted by Gasteiger charge is -2.22. The van der Waals surface area contributed by atoms with E-state index in [0.717, 1.165) is 19.4 Å². The topological polar surface area (TPSA) is 41.1 Å². The number of hydrogen-bond donors (Lipinski definition) is 2. The Labute approximate surface area is 115 Å². The SMILES string of the molecule is CCc1ccccc1CNC(=O)CC1CCCCN1. The molecule has 2 N–H and O–H groups in total. The van der Waals surface area contributed by atoms with E-state index in [-0.39, 0.29) is 5.91 Å². The molecule has 1 fully saturated rings. The number of amides is 1. The highest BCUT2D eigenvalue weighted by Crippen LogP contribution is 2.11. The second kappa shape index (κ2) is 7.29.